The SMILES string of the molecule is COCCNC(=O)N1CCN(CC(O)C2CC2)CC1.Cl. The fourth-order valence-electron chi connectivity index (χ4n) is 2.40. The highest BCUT2D eigenvalue weighted by Gasteiger charge is 2.31. The van der Waals surface area contributed by atoms with Gasteiger partial charge in [0.15, 0.2) is 0 Å². The number of amides is 2. The van der Waals surface area contributed by atoms with Crippen molar-refractivity contribution in [2.45, 2.75) is 18.9 Å². The monoisotopic (exact) mass is 307 g/mol. The van der Waals surface area contributed by atoms with Gasteiger partial charge in [-0.3, -0.25) is 4.90 Å². The van der Waals surface area contributed by atoms with Crippen LogP contribution in [0.5, 0.6) is 0 Å². The number of nitrogens with one attached hydrogen (secondary N) is 1. The molecule has 1 saturated heterocycles. The molecular formula is C13H26ClN3O3. The van der Waals surface area contributed by atoms with Crippen LogP contribution >= 0.6 is 12.4 Å². The molecule has 7 heteroatoms. The molecule has 1 unspecified atom stereocenters. The number of ether oxygens (including phenoxy) is 1. The van der Waals surface area contributed by atoms with Gasteiger partial charge >= 0.3 is 6.03 Å². The molecule has 2 rings (SSSR count). The molecule has 20 heavy (non-hydrogen) atoms. The second kappa shape index (κ2) is 8.67. The van der Waals surface area contributed by atoms with Gasteiger partial charge < -0.3 is 20.1 Å². The Morgan fingerprint density at radius 3 is 2.55 bits per heavy atom. The van der Waals surface area contributed by atoms with Crippen LogP contribution in [0.2, 0.25) is 0 Å². The first-order valence-electron chi connectivity index (χ1n) is 7.13. The van der Waals surface area contributed by atoms with Crippen LogP contribution < -0.4 is 5.32 Å². The summed E-state index contributed by atoms with van der Waals surface area (Å²) in [4.78, 5) is 15.9. The van der Waals surface area contributed by atoms with Crippen molar-refractivity contribution in [2.24, 2.45) is 5.92 Å². The number of aliphatic hydroxyl groups excluding tert-OH is 1. The van der Waals surface area contributed by atoms with Crippen LogP contribution in [0.1, 0.15) is 12.8 Å². The van der Waals surface area contributed by atoms with Crippen LogP contribution in [0.3, 0.4) is 0 Å². The molecule has 0 spiro atoms. The van der Waals surface area contributed by atoms with Crippen molar-refractivity contribution >= 4 is 18.4 Å². The third kappa shape index (κ3) is 5.44. The summed E-state index contributed by atoms with van der Waals surface area (Å²) in [6.45, 7) is 5.01. The van der Waals surface area contributed by atoms with E-state index in [1.807, 2.05) is 4.90 Å². The highest BCUT2D eigenvalue weighted by molar-refractivity contribution is 5.85. The fourth-order valence-corrected chi connectivity index (χ4v) is 2.40. The molecule has 0 radical (unpaired) electrons. The third-order valence-corrected chi connectivity index (χ3v) is 3.85. The summed E-state index contributed by atoms with van der Waals surface area (Å²) in [5.74, 6) is 0.523. The van der Waals surface area contributed by atoms with E-state index in [0.717, 1.165) is 32.7 Å². The normalized spacial score (nSPS) is 21.2. The van der Waals surface area contributed by atoms with Gasteiger partial charge in [-0.05, 0) is 18.8 Å². The number of halogens is 1. The minimum atomic E-state index is -0.179. The topological polar surface area (TPSA) is 65.0 Å². The smallest absolute Gasteiger partial charge is 0.317 e. The Labute approximate surface area is 126 Å². The first-order valence-corrected chi connectivity index (χ1v) is 7.13. The van der Waals surface area contributed by atoms with Gasteiger partial charge in [-0.1, -0.05) is 0 Å². The Hall–Kier alpha value is -0.560. The van der Waals surface area contributed by atoms with Crippen LogP contribution in [-0.2, 0) is 4.74 Å². The Kier molecular flexibility index (Phi) is 7.58. The molecule has 1 saturated carbocycles. The molecule has 6 nitrogen and oxygen atoms in total. The maximum absolute atomic E-state index is 11.8. The van der Waals surface area contributed by atoms with E-state index in [1.54, 1.807) is 7.11 Å². The lowest BCUT2D eigenvalue weighted by atomic mass is 10.2. The maximum Gasteiger partial charge on any atom is 0.317 e. The van der Waals surface area contributed by atoms with Crippen molar-refractivity contribution in [3.63, 3.8) is 0 Å². The van der Waals surface area contributed by atoms with E-state index in [-0.39, 0.29) is 24.5 Å². The first-order chi connectivity index (χ1) is 9.20. The molecule has 1 atom stereocenters. The lowest BCUT2D eigenvalue weighted by molar-refractivity contribution is 0.0693. The number of piperazine rings is 1. The van der Waals surface area contributed by atoms with E-state index in [2.05, 4.69) is 10.2 Å². The molecule has 2 aliphatic rings. The number of β-amino-alcohol motifs (C(OH)–C–C–N with tert-alkyl or cyclic N) is 1. The van der Waals surface area contributed by atoms with Crippen molar-refractivity contribution in [3.8, 4) is 0 Å². The summed E-state index contributed by atoms with van der Waals surface area (Å²) in [7, 11) is 1.62. The van der Waals surface area contributed by atoms with E-state index in [1.165, 1.54) is 12.8 Å². The lowest BCUT2D eigenvalue weighted by Gasteiger charge is -2.35. The molecule has 1 aliphatic heterocycles. The molecule has 118 valence electrons. The maximum atomic E-state index is 11.8. The number of carbonyl (C=O) groups is 1. The Balaban J connectivity index is 0.00000200. The van der Waals surface area contributed by atoms with Gasteiger partial charge in [0.2, 0.25) is 0 Å². The highest BCUT2D eigenvalue weighted by atomic mass is 35.5. The summed E-state index contributed by atoms with van der Waals surface area (Å²) in [5, 5.41) is 12.7. The number of hydrogen-bond acceptors (Lipinski definition) is 4. The summed E-state index contributed by atoms with van der Waals surface area (Å²) >= 11 is 0. The van der Waals surface area contributed by atoms with Gasteiger partial charge in [-0.2, -0.15) is 0 Å². The van der Waals surface area contributed by atoms with Crippen molar-refractivity contribution in [2.75, 3.05) is 53.0 Å². The van der Waals surface area contributed by atoms with Gasteiger partial charge in [0.25, 0.3) is 0 Å². The number of nitrogens with zero attached hydrogens (tertiary/aromatic N) is 2. The summed E-state index contributed by atoms with van der Waals surface area (Å²) in [6, 6.07) is -0.0144. The number of methoxy groups -OCH3 is 1. The van der Waals surface area contributed by atoms with Gasteiger partial charge in [-0.25, -0.2) is 4.79 Å². The van der Waals surface area contributed by atoms with E-state index < -0.39 is 0 Å². The summed E-state index contributed by atoms with van der Waals surface area (Å²) < 4.78 is 4.90. The molecule has 0 aromatic rings. The molecule has 2 fully saturated rings. The molecular weight excluding hydrogens is 282 g/mol. The van der Waals surface area contributed by atoms with E-state index in [0.29, 0.717) is 19.1 Å². The molecule has 0 bridgehead atoms. The average Bonchev–Trinajstić information content (AvgIpc) is 3.24. The molecule has 2 amide bonds. The third-order valence-electron chi connectivity index (χ3n) is 3.85. The van der Waals surface area contributed by atoms with E-state index in [4.69, 9.17) is 4.74 Å². The molecule has 1 heterocycles. The summed E-state index contributed by atoms with van der Waals surface area (Å²) in [5.41, 5.74) is 0. The molecule has 1 aliphatic carbocycles. The van der Waals surface area contributed by atoms with E-state index >= 15 is 0 Å². The standard InChI is InChI=1S/C13H25N3O3.ClH/c1-19-9-4-14-13(18)16-7-5-15(6-8-16)10-12(17)11-2-3-11;/h11-12,17H,2-10H2,1H3,(H,14,18);1H. The quantitative estimate of drug-likeness (QED) is 0.686. The number of rotatable bonds is 6. The number of urea groups is 1. The Bertz CT molecular complexity index is 295. The van der Waals surface area contributed by atoms with Crippen LogP contribution in [0.15, 0.2) is 0 Å². The van der Waals surface area contributed by atoms with Crippen LogP contribution in [-0.4, -0.2) is 80.0 Å². The predicted octanol–water partition coefficient (Wildman–Crippen LogP) is 0.153. The van der Waals surface area contributed by atoms with Crippen molar-refractivity contribution in [1.82, 2.24) is 15.1 Å². The largest absolute Gasteiger partial charge is 0.392 e. The number of carbonyl (C=O) groups excluding carboxylic acids is 1. The zero-order chi connectivity index (χ0) is 13.7. The average molecular weight is 308 g/mol. The Morgan fingerprint density at radius 1 is 1.35 bits per heavy atom. The van der Waals surface area contributed by atoms with Gasteiger partial charge in [0.1, 0.15) is 0 Å². The number of hydrogen-bond donors (Lipinski definition) is 2. The van der Waals surface area contributed by atoms with Gasteiger partial charge in [0, 0.05) is 46.4 Å². The molecule has 0 aromatic heterocycles. The van der Waals surface area contributed by atoms with Crippen LogP contribution in [0.25, 0.3) is 0 Å². The fraction of sp³-hybridized carbons (Fsp3) is 0.923. The van der Waals surface area contributed by atoms with Crippen LogP contribution in [0, 0.1) is 5.92 Å². The van der Waals surface area contributed by atoms with Crippen molar-refractivity contribution in [1.29, 1.82) is 0 Å². The lowest BCUT2D eigenvalue weighted by Crippen LogP contribution is -2.53. The highest BCUT2D eigenvalue weighted by Crippen LogP contribution is 2.32. The Morgan fingerprint density at radius 2 is 2.00 bits per heavy atom. The van der Waals surface area contributed by atoms with Crippen LogP contribution in [0.4, 0.5) is 4.79 Å². The first kappa shape index (κ1) is 17.5. The second-order valence-corrected chi connectivity index (χ2v) is 5.42. The molecule has 0 aromatic carbocycles. The van der Waals surface area contributed by atoms with Crippen molar-refractivity contribution < 1.29 is 14.6 Å². The zero-order valence-corrected chi connectivity index (χ0v) is 12.9. The molecule has 2 N–H and O–H groups in total. The van der Waals surface area contributed by atoms with Gasteiger partial charge in [0.05, 0.1) is 12.7 Å². The second-order valence-electron chi connectivity index (χ2n) is 5.42. The van der Waals surface area contributed by atoms with E-state index in [9.17, 15) is 9.90 Å². The van der Waals surface area contributed by atoms with Crippen molar-refractivity contribution in [3.05, 3.63) is 0 Å². The van der Waals surface area contributed by atoms with Gasteiger partial charge in [-0.15, -0.1) is 12.4 Å². The minimum Gasteiger partial charge on any atom is -0.392 e. The predicted molar refractivity (Wildman–Crippen MR) is 79.3 cm³/mol. The zero-order valence-electron chi connectivity index (χ0n) is 12.1. The minimum absolute atomic E-state index is 0. The number of aliphatic hydroxyl groups is 1. The summed E-state index contributed by atoms with van der Waals surface area (Å²) in [6.07, 6.45) is 2.16.